The molecule has 0 fully saturated rings. The van der Waals surface area contributed by atoms with Crippen molar-refractivity contribution >= 4 is 35.6 Å². The maximum absolute atomic E-state index is 13.2. The molecule has 0 bridgehead atoms. The summed E-state index contributed by atoms with van der Waals surface area (Å²) >= 11 is 0. The number of aromatic amines is 1. The highest BCUT2D eigenvalue weighted by atomic mass is 16.4. The SMILES string of the molecule is NCCCCC(N)C(=O)NC(CCC(=O)O)C(=O)NC(Cc1cnc[nH]1)C(=O)NC(CCCN=C(N)N)C(=O)O. The lowest BCUT2D eigenvalue weighted by Crippen LogP contribution is -2.57. The van der Waals surface area contributed by atoms with Crippen LogP contribution in [0.5, 0.6) is 0 Å². The Morgan fingerprint density at radius 2 is 1.55 bits per heavy atom. The number of hydrogen-bond acceptors (Lipinski definition) is 9. The van der Waals surface area contributed by atoms with Gasteiger partial charge in [0.25, 0.3) is 0 Å². The van der Waals surface area contributed by atoms with Gasteiger partial charge in [0.05, 0.1) is 12.4 Å². The quantitative estimate of drug-likeness (QED) is 0.0424. The lowest BCUT2D eigenvalue weighted by Gasteiger charge is -2.25. The van der Waals surface area contributed by atoms with Crippen LogP contribution in [0.2, 0.25) is 0 Å². The zero-order valence-electron chi connectivity index (χ0n) is 22.2. The summed E-state index contributed by atoms with van der Waals surface area (Å²) in [5.74, 6) is -4.99. The van der Waals surface area contributed by atoms with Crippen LogP contribution in [0, 0.1) is 0 Å². The van der Waals surface area contributed by atoms with E-state index in [1.54, 1.807) is 0 Å². The molecule has 0 aromatic carbocycles. The highest BCUT2D eigenvalue weighted by molar-refractivity contribution is 5.94. The number of rotatable bonds is 20. The Morgan fingerprint density at radius 1 is 0.900 bits per heavy atom. The van der Waals surface area contributed by atoms with Crippen molar-refractivity contribution in [2.75, 3.05) is 13.1 Å². The number of aliphatic carboxylic acids is 2. The third kappa shape index (κ3) is 13.5. The third-order valence-corrected chi connectivity index (χ3v) is 5.76. The second-order valence-electron chi connectivity index (χ2n) is 9.07. The molecule has 0 saturated carbocycles. The number of nitrogens with two attached hydrogens (primary N) is 4. The number of amides is 3. The number of hydrogen-bond donors (Lipinski definition) is 10. The number of unbranched alkanes of at least 4 members (excludes halogenated alkanes) is 1. The largest absolute Gasteiger partial charge is 0.481 e. The third-order valence-electron chi connectivity index (χ3n) is 5.76. The minimum atomic E-state index is -1.32. The fourth-order valence-corrected chi connectivity index (χ4v) is 3.59. The summed E-state index contributed by atoms with van der Waals surface area (Å²) in [6.45, 7) is 0.576. The average molecular weight is 569 g/mol. The molecule has 1 rings (SSSR count). The number of guanidine groups is 1. The van der Waals surface area contributed by atoms with Crippen molar-refractivity contribution in [3.8, 4) is 0 Å². The lowest BCUT2D eigenvalue weighted by molar-refractivity contribution is -0.142. The van der Waals surface area contributed by atoms with Gasteiger partial charge in [0.2, 0.25) is 17.7 Å². The molecule has 17 heteroatoms. The topological polar surface area (TPSA) is 307 Å². The molecule has 224 valence electrons. The summed E-state index contributed by atoms with van der Waals surface area (Å²) in [6, 6.07) is -4.88. The van der Waals surface area contributed by atoms with Gasteiger partial charge in [-0.2, -0.15) is 0 Å². The molecule has 0 saturated heterocycles. The highest BCUT2D eigenvalue weighted by Gasteiger charge is 2.31. The van der Waals surface area contributed by atoms with Crippen molar-refractivity contribution in [1.82, 2.24) is 25.9 Å². The Morgan fingerprint density at radius 3 is 2.12 bits per heavy atom. The van der Waals surface area contributed by atoms with Crippen molar-refractivity contribution < 1.29 is 34.2 Å². The van der Waals surface area contributed by atoms with Crippen LogP contribution < -0.4 is 38.9 Å². The van der Waals surface area contributed by atoms with Crippen molar-refractivity contribution in [3.05, 3.63) is 18.2 Å². The molecule has 17 nitrogen and oxygen atoms in total. The molecule has 4 unspecified atom stereocenters. The molecule has 0 aliphatic heterocycles. The molecule has 3 amide bonds. The van der Waals surface area contributed by atoms with Crippen molar-refractivity contribution in [1.29, 1.82) is 0 Å². The molecular weight excluding hydrogens is 528 g/mol. The van der Waals surface area contributed by atoms with E-state index in [-0.39, 0.29) is 38.2 Å². The summed E-state index contributed by atoms with van der Waals surface area (Å²) in [5, 5.41) is 26.0. The predicted molar refractivity (Wildman–Crippen MR) is 143 cm³/mol. The molecule has 0 radical (unpaired) electrons. The molecule has 0 spiro atoms. The molecule has 4 atom stereocenters. The van der Waals surface area contributed by atoms with E-state index < -0.39 is 60.2 Å². The van der Waals surface area contributed by atoms with Crippen LogP contribution in [0.1, 0.15) is 50.6 Å². The molecule has 0 aliphatic carbocycles. The summed E-state index contributed by atoms with van der Waals surface area (Å²) in [5.41, 5.74) is 22.3. The second kappa shape index (κ2) is 18.1. The summed E-state index contributed by atoms with van der Waals surface area (Å²) in [4.78, 5) is 72.2. The van der Waals surface area contributed by atoms with E-state index >= 15 is 0 Å². The summed E-state index contributed by atoms with van der Waals surface area (Å²) in [7, 11) is 0. The summed E-state index contributed by atoms with van der Waals surface area (Å²) in [6.07, 6.45) is 3.75. The first kappa shape index (κ1) is 33.8. The Kier molecular flexibility index (Phi) is 15.3. The Labute approximate surface area is 230 Å². The number of carboxylic acids is 2. The van der Waals surface area contributed by atoms with Crippen LogP contribution in [0.25, 0.3) is 0 Å². The number of aliphatic imine (C=N–C) groups is 1. The molecule has 14 N–H and O–H groups in total. The molecule has 0 aliphatic rings. The van der Waals surface area contributed by atoms with Gasteiger partial charge < -0.3 is 54.1 Å². The van der Waals surface area contributed by atoms with E-state index in [4.69, 9.17) is 28.0 Å². The number of nitrogens with zero attached hydrogens (tertiary/aromatic N) is 2. The Hall–Kier alpha value is -4.25. The van der Waals surface area contributed by atoms with Gasteiger partial charge in [-0.25, -0.2) is 9.78 Å². The van der Waals surface area contributed by atoms with E-state index in [0.717, 1.165) is 0 Å². The maximum Gasteiger partial charge on any atom is 0.326 e. The van der Waals surface area contributed by atoms with Gasteiger partial charge in [-0.15, -0.1) is 0 Å². The predicted octanol–water partition coefficient (Wildman–Crippen LogP) is -3.13. The normalized spacial score (nSPS) is 13.8. The number of carbonyl (C=O) groups excluding carboxylic acids is 3. The fraction of sp³-hybridized carbons (Fsp3) is 0.609. The highest BCUT2D eigenvalue weighted by Crippen LogP contribution is 2.07. The number of aromatic nitrogens is 2. The number of H-pyrrole nitrogens is 1. The van der Waals surface area contributed by atoms with Gasteiger partial charge in [0.15, 0.2) is 5.96 Å². The molecule has 40 heavy (non-hydrogen) atoms. The van der Waals surface area contributed by atoms with Crippen molar-refractivity contribution in [2.45, 2.75) is 75.5 Å². The zero-order valence-corrected chi connectivity index (χ0v) is 22.2. The fourth-order valence-electron chi connectivity index (χ4n) is 3.59. The van der Waals surface area contributed by atoms with Crippen LogP contribution >= 0.6 is 0 Å². The smallest absolute Gasteiger partial charge is 0.326 e. The minimum Gasteiger partial charge on any atom is -0.481 e. The van der Waals surface area contributed by atoms with E-state index in [1.807, 2.05) is 0 Å². The molecular formula is C23H40N10O7. The van der Waals surface area contributed by atoms with Gasteiger partial charge in [-0.05, 0) is 38.6 Å². The summed E-state index contributed by atoms with van der Waals surface area (Å²) < 4.78 is 0. The Bertz CT molecular complexity index is 998. The van der Waals surface area contributed by atoms with Gasteiger partial charge in [0.1, 0.15) is 18.1 Å². The van der Waals surface area contributed by atoms with E-state index in [9.17, 15) is 29.1 Å². The van der Waals surface area contributed by atoms with E-state index in [1.165, 1.54) is 12.5 Å². The van der Waals surface area contributed by atoms with Gasteiger partial charge in [0, 0.05) is 31.3 Å². The average Bonchev–Trinajstić information content (AvgIpc) is 3.40. The van der Waals surface area contributed by atoms with Gasteiger partial charge in [-0.1, -0.05) is 6.42 Å². The first-order valence-corrected chi connectivity index (χ1v) is 12.8. The van der Waals surface area contributed by atoms with Crippen molar-refractivity contribution in [3.63, 3.8) is 0 Å². The number of imidazole rings is 1. The van der Waals surface area contributed by atoms with Crippen molar-refractivity contribution in [2.24, 2.45) is 27.9 Å². The van der Waals surface area contributed by atoms with E-state index in [2.05, 4.69) is 30.9 Å². The van der Waals surface area contributed by atoms with Crippen LogP contribution in [-0.4, -0.2) is 93.1 Å². The monoisotopic (exact) mass is 568 g/mol. The Balaban J connectivity index is 3.03. The van der Waals surface area contributed by atoms with E-state index in [0.29, 0.717) is 31.5 Å². The number of carbonyl (C=O) groups is 5. The molecule has 1 aromatic rings. The van der Waals surface area contributed by atoms with Gasteiger partial charge in [-0.3, -0.25) is 24.2 Å². The zero-order chi connectivity index (χ0) is 30.1. The standard InChI is InChI=1S/C23H40N10O7/c24-8-2-1-4-14(25)19(36)31-15(6-7-18(34)35)20(37)33-17(10-13-11-28-12-30-13)21(38)32-16(22(39)40)5-3-9-29-23(26)27/h11-12,14-17H,1-10,24-25H2,(H,28,30)(H,31,36)(H,32,38)(H,33,37)(H,34,35)(H,39,40)(H4,26,27,29). The minimum absolute atomic E-state index is 0.00190. The second-order valence-corrected chi connectivity index (χ2v) is 9.07. The lowest BCUT2D eigenvalue weighted by atomic mass is 10.0. The van der Waals surface area contributed by atoms with Crippen LogP contribution in [0.3, 0.4) is 0 Å². The number of nitrogens with one attached hydrogen (secondary N) is 4. The first-order chi connectivity index (χ1) is 18.9. The molecule has 1 aromatic heterocycles. The van der Waals surface area contributed by atoms with Crippen LogP contribution in [0.4, 0.5) is 0 Å². The molecule has 1 heterocycles. The number of carboxylic acid groups (broad SMARTS) is 2. The van der Waals surface area contributed by atoms with Crippen LogP contribution in [-0.2, 0) is 30.4 Å². The maximum atomic E-state index is 13.2. The first-order valence-electron chi connectivity index (χ1n) is 12.8. The van der Waals surface area contributed by atoms with Crippen LogP contribution in [0.15, 0.2) is 17.5 Å². The van der Waals surface area contributed by atoms with Gasteiger partial charge >= 0.3 is 11.9 Å².